The molecule has 194 valence electrons. The minimum atomic E-state index is -3.92. The highest BCUT2D eigenvalue weighted by Crippen LogP contribution is 2.48. The van der Waals surface area contributed by atoms with Crippen LogP contribution in [0, 0.1) is 5.92 Å². The van der Waals surface area contributed by atoms with E-state index in [0.717, 1.165) is 50.5 Å². The maximum absolute atomic E-state index is 13.4. The summed E-state index contributed by atoms with van der Waals surface area (Å²) in [5.41, 5.74) is 2.33. The summed E-state index contributed by atoms with van der Waals surface area (Å²) in [5.74, 6) is -0.324. The molecule has 1 aromatic carbocycles. The van der Waals surface area contributed by atoms with E-state index < -0.39 is 20.7 Å². The summed E-state index contributed by atoms with van der Waals surface area (Å²) in [7, 11) is -3.92. The lowest BCUT2D eigenvalue weighted by atomic mass is 9.92. The lowest BCUT2D eigenvalue weighted by Gasteiger charge is -2.40. The van der Waals surface area contributed by atoms with E-state index in [4.69, 9.17) is 4.74 Å². The van der Waals surface area contributed by atoms with Gasteiger partial charge in [0, 0.05) is 45.7 Å². The molecule has 0 unspecified atom stereocenters. The van der Waals surface area contributed by atoms with Crippen molar-refractivity contribution in [2.75, 3.05) is 32.8 Å². The molecule has 3 aliphatic rings. The number of piperidine rings is 1. The number of unbranched alkanes of at least 4 members (excludes halogenated alkanes) is 1. The Morgan fingerprint density at radius 3 is 2.26 bits per heavy atom. The predicted molar refractivity (Wildman–Crippen MR) is 130 cm³/mol. The van der Waals surface area contributed by atoms with Gasteiger partial charge in [-0.15, -0.1) is 0 Å². The third-order valence-electron chi connectivity index (χ3n) is 8.06. The van der Waals surface area contributed by atoms with Gasteiger partial charge in [0.2, 0.25) is 15.9 Å². The second-order valence-electron chi connectivity index (χ2n) is 10.1. The minimum absolute atomic E-state index is 0.0406. The van der Waals surface area contributed by atoms with Crippen LogP contribution in [-0.4, -0.2) is 67.3 Å². The van der Waals surface area contributed by atoms with Crippen molar-refractivity contribution in [1.29, 1.82) is 0 Å². The van der Waals surface area contributed by atoms with Gasteiger partial charge in [-0.25, -0.2) is 18.2 Å². The van der Waals surface area contributed by atoms with E-state index in [1.807, 2.05) is 30.3 Å². The molecule has 35 heavy (non-hydrogen) atoms. The molecule has 4 rings (SSSR count). The molecule has 1 aromatic rings. The molecule has 2 heterocycles. The van der Waals surface area contributed by atoms with Crippen molar-refractivity contribution < 1.29 is 28.0 Å². The quantitative estimate of drug-likeness (QED) is 0.253. The Labute approximate surface area is 207 Å². The van der Waals surface area contributed by atoms with E-state index in [0.29, 0.717) is 25.6 Å². The zero-order valence-corrected chi connectivity index (χ0v) is 21.0. The number of rotatable bonds is 10. The highest BCUT2D eigenvalue weighted by molar-refractivity contribution is 7.91. The van der Waals surface area contributed by atoms with Crippen molar-refractivity contribution in [3.63, 3.8) is 0 Å². The molecule has 0 radical (unpaired) electrons. The number of ether oxygens (including phenoxy) is 1. The van der Waals surface area contributed by atoms with Crippen LogP contribution in [0.5, 0.6) is 0 Å². The normalized spacial score (nSPS) is 22.3. The first-order chi connectivity index (χ1) is 16.9. The molecule has 1 saturated carbocycles. The molecule has 2 aliphatic heterocycles. The van der Waals surface area contributed by atoms with E-state index in [1.165, 1.54) is 4.31 Å². The van der Waals surface area contributed by atoms with Gasteiger partial charge < -0.3 is 10.1 Å². The van der Waals surface area contributed by atoms with Gasteiger partial charge in [0.1, 0.15) is 0 Å². The molecule has 0 atom stereocenters. The van der Waals surface area contributed by atoms with E-state index in [2.05, 4.69) is 5.32 Å². The predicted octanol–water partition coefficient (Wildman–Crippen LogP) is 2.10. The SMILES string of the molecule is O=C(NCCCCC1CCN(S(=O)(=O)C2(C(=O)NO)CCOCC2)CC1)C1(c2ccccc2)CC1. The third kappa shape index (κ3) is 5.26. The van der Waals surface area contributed by atoms with Crippen LogP contribution >= 0.6 is 0 Å². The number of carbonyl (C=O) groups excluding carboxylic acids is 2. The fourth-order valence-corrected chi connectivity index (χ4v) is 7.70. The smallest absolute Gasteiger partial charge is 0.266 e. The number of hydroxylamine groups is 1. The second-order valence-corrected chi connectivity index (χ2v) is 12.3. The van der Waals surface area contributed by atoms with Crippen molar-refractivity contribution in [3.05, 3.63) is 35.9 Å². The molecule has 2 saturated heterocycles. The number of nitrogens with one attached hydrogen (secondary N) is 2. The molecule has 9 nitrogen and oxygen atoms in total. The Hall–Kier alpha value is -2.01. The Kier molecular flexibility index (Phi) is 8.15. The van der Waals surface area contributed by atoms with E-state index in [9.17, 15) is 23.2 Å². The van der Waals surface area contributed by atoms with Crippen LogP contribution in [0.3, 0.4) is 0 Å². The number of carbonyl (C=O) groups is 2. The largest absolute Gasteiger partial charge is 0.381 e. The third-order valence-corrected chi connectivity index (χ3v) is 10.7. The van der Waals surface area contributed by atoms with Gasteiger partial charge in [0.05, 0.1) is 5.41 Å². The summed E-state index contributed by atoms with van der Waals surface area (Å²) >= 11 is 0. The van der Waals surface area contributed by atoms with Gasteiger partial charge in [-0.1, -0.05) is 43.2 Å². The summed E-state index contributed by atoms with van der Waals surface area (Å²) in [5, 5.41) is 12.3. The average Bonchev–Trinajstić information content (AvgIpc) is 3.71. The fourth-order valence-electron chi connectivity index (χ4n) is 5.55. The van der Waals surface area contributed by atoms with Gasteiger partial charge in [-0.3, -0.25) is 14.8 Å². The Balaban J connectivity index is 1.19. The van der Waals surface area contributed by atoms with Crippen molar-refractivity contribution in [2.24, 2.45) is 5.92 Å². The topological polar surface area (TPSA) is 125 Å². The fraction of sp³-hybridized carbons (Fsp3) is 0.680. The lowest BCUT2D eigenvalue weighted by molar-refractivity contribution is -0.134. The summed E-state index contributed by atoms with van der Waals surface area (Å²) < 4.78 is 31.8. The van der Waals surface area contributed by atoms with Crippen molar-refractivity contribution >= 4 is 21.8 Å². The molecule has 0 aromatic heterocycles. The number of hydrogen-bond acceptors (Lipinski definition) is 6. The number of benzene rings is 1. The Bertz CT molecular complexity index is 982. The van der Waals surface area contributed by atoms with Gasteiger partial charge in [-0.05, 0) is 43.6 Å². The van der Waals surface area contributed by atoms with Crippen LogP contribution in [0.25, 0.3) is 0 Å². The van der Waals surface area contributed by atoms with Crippen molar-refractivity contribution in [1.82, 2.24) is 15.1 Å². The van der Waals surface area contributed by atoms with Gasteiger partial charge in [0.25, 0.3) is 5.91 Å². The first-order valence-electron chi connectivity index (χ1n) is 12.7. The van der Waals surface area contributed by atoms with Crippen molar-refractivity contribution in [3.8, 4) is 0 Å². The summed E-state index contributed by atoms with van der Waals surface area (Å²) in [4.78, 5) is 25.1. The molecule has 0 bridgehead atoms. The van der Waals surface area contributed by atoms with Gasteiger partial charge >= 0.3 is 0 Å². The van der Waals surface area contributed by atoms with Crippen LogP contribution in [-0.2, 0) is 29.8 Å². The summed E-state index contributed by atoms with van der Waals surface area (Å²) in [6.07, 6.45) is 6.24. The summed E-state index contributed by atoms with van der Waals surface area (Å²) in [6.45, 7) is 1.76. The van der Waals surface area contributed by atoms with Crippen molar-refractivity contribution in [2.45, 2.75) is 67.9 Å². The zero-order chi connectivity index (χ0) is 24.9. The number of amides is 2. The van der Waals surface area contributed by atoms with Crippen LogP contribution < -0.4 is 10.8 Å². The van der Waals surface area contributed by atoms with Crippen LogP contribution in [0.4, 0.5) is 0 Å². The molecule has 10 heteroatoms. The number of hydrogen-bond donors (Lipinski definition) is 3. The van der Waals surface area contributed by atoms with E-state index in [-0.39, 0.29) is 37.4 Å². The maximum Gasteiger partial charge on any atom is 0.266 e. The number of sulfonamides is 1. The molecular weight excluding hydrogens is 470 g/mol. The molecular formula is C25H37N3O6S. The molecule has 2 amide bonds. The average molecular weight is 508 g/mol. The van der Waals surface area contributed by atoms with Crippen LogP contribution in [0.1, 0.15) is 63.4 Å². The standard InChI is InChI=1S/C25H37N3O6S/c29-22(24(11-12-24)21-7-2-1-3-8-21)26-15-5-4-6-20-9-16-28(17-10-20)35(32,33)25(23(30)27-31)13-18-34-19-14-25/h1-3,7-8,20,31H,4-6,9-19H2,(H,26,29)(H,27,30). The molecule has 0 spiro atoms. The van der Waals surface area contributed by atoms with Crippen LogP contribution in [0.15, 0.2) is 30.3 Å². The van der Waals surface area contributed by atoms with E-state index >= 15 is 0 Å². The minimum Gasteiger partial charge on any atom is -0.381 e. The molecule has 3 N–H and O–H groups in total. The van der Waals surface area contributed by atoms with Gasteiger partial charge in [0.15, 0.2) is 4.75 Å². The van der Waals surface area contributed by atoms with Crippen LogP contribution in [0.2, 0.25) is 0 Å². The summed E-state index contributed by atoms with van der Waals surface area (Å²) in [6, 6.07) is 9.97. The first kappa shape index (κ1) is 26.1. The lowest BCUT2D eigenvalue weighted by Crippen LogP contribution is -2.60. The molecule has 3 fully saturated rings. The number of nitrogens with zero attached hydrogens (tertiary/aromatic N) is 1. The first-order valence-corrected chi connectivity index (χ1v) is 14.2. The Morgan fingerprint density at radius 1 is 1.00 bits per heavy atom. The maximum atomic E-state index is 13.4. The zero-order valence-electron chi connectivity index (χ0n) is 20.2. The highest BCUT2D eigenvalue weighted by atomic mass is 32.2. The second kappa shape index (κ2) is 10.9. The highest BCUT2D eigenvalue weighted by Gasteiger charge is 2.54. The van der Waals surface area contributed by atoms with Gasteiger partial charge in [-0.2, -0.15) is 0 Å². The Morgan fingerprint density at radius 2 is 1.66 bits per heavy atom. The van der Waals surface area contributed by atoms with E-state index in [1.54, 1.807) is 5.48 Å². The molecule has 1 aliphatic carbocycles. The monoisotopic (exact) mass is 507 g/mol.